The molecule has 1 N–H and O–H groups in total. The Morgan fingerprint density at radius 2 is 2.00 bits per heavy atom. The van der Waals surface area contributed by atoms with E-state index in [1.165, 1.54) is 10.5 Å². The quantitative estimate of drug-likeness (QED) is 0.454. The highest BCUT2D eigenvalue weighted by Crippen LogP contribution is 2.18. The second kappa shape index (κ2) is 7.53. The minimum absolute atomic E-state index is 0.432. The highest BCUT2D eigenvalue weighted by Gasteiger charge is 2.03. The molecule has 0 spiro atoms. The molecule has 0 fully saturated rings. The van der Waals surface area contributed by atoms with Crippen LogP contribution >= 0.6 is 11.8 Å². The predicted octanol–water partition coefficient (Wildman–Crippen LogP) is 4.03. The van der Waals surface area contributed by atoms with E-state index in [-0.39, 0.29) is 0 Å². The Morgan fingerprint density at radius 1 is 1.31 bits per heavy atom. The minimum Gasteiger partial charge on any atom is -0.310 e. The summed E-state index contributed by atoms with van der Waals surface area (Å²) in [7, 11) is 0. The van der Waals surface area contributed by atoms with Crippen molar-refractivity contribution in [3.63, 3.8) is 0 Å². The fourth-order valence-electron chi connectivity index (χ4n) is 1.56. The van der Waals surface area contributed by atoms with Crippen molar-refractivity contribution in [2.75, 3.05) is 12.8 Å². The van der Waals surface area contributed by atoms with Crippen LogP contribution in [-0.4, -0.2) is 12.8 Å². The number of benzene rings is 1. The van der Waals surface area contributed by atoms with Crippen LogP contribution in [-0.2, 0) is 0 Å². The molecule has 1 atom stereocenters. The first-order valence-corrected chi connectivity index (χ1v) is 6.99. The summed E-state index contributed by atoms with van der Waals surface area (Å²) in [4.78, 5) is 1.32. The van der Waals surface area contributed by atoms with Gasteiger partial charge in [-0.1, -0.05) is 24.3 Å². The third kappa shape index (κ3) is 4.42. The van der Waals surface area contributed by atoms with E-state index in [4.69, 9.17) is 0 Å². The molecule has 0 saturated carbocycles. The van der Waals surface area contributed by atoms with Crippen LogP contribution in [0.1, 0.15) is 31.9 Å². The van der Waals surface area contributed by atoms with Gasteiger partial charge < -0.3 is 5.32 Å². The molecule has 0 aliphatic rings. The molecule has 88 valence electrons. The molecule has 0 aliphatic heterocycles. The number of hydrogen-bond donors (Lipinski definition) is 1. The minimum atomic E-state index is 0.432. The van der Waals surface area contributed by atoms with Crippen LogP contribution in [0.25, 0.3) is 0 Å². The lowest BCUT2D eigenvalue weighted by Gasteiger charge is -2.13. The first kappa shape index (κ1) is 13.3. The van der Waals surface area contributed by atoms with Gasteiger partial charge in [0, 0.05) is 10.9 Å². The lowest BCUT2D eigenvalue weighted by molar-refractivity contribution is 0.581. The molecule has 2 heteroatoms. The zero-order valence-electron chi connectivity index (χ0n) is 10.4. The second-order valence-electron chi connectivity index (χ2n) is 3.81. The Hall–Kier alpha value is -0.730. The van der Waals surface area contributed by atoms with Crippen molar-refractivity contribution < 1.29 is 0 Å². The Balaban J connectivity index is 2.42. The van der Waals surface area contributed by atoms with Crippen molar-refractivity contribution in [2.45, 2.75) is 31.2 Å². The molecule has 0 heterocycles. The molecule has 0 amide bonds. The van der Waals surface area contributed by atoms with Crippen molar-refractivity contribution >= 4 is 11.8 Å². The van der Waals surface area contributed by atoms with Gasteiger partial charge in [0.15, 0.2) is 0 Å². The molecule has 0 aromatic heterocycles. The second-order valence-corrected chi connectivity index (χ2v) is 4.69. The molecule has 1 aromatic carbocycles. The molecule has 1 aromatic rings. The average molecular weight is 235 g/mol. The van der Waals surface area contributed by atoms with Crippen molar-refractivity contribution in [1.29, 1.82) is 0 Å². The van der Waals surface area contributed by atoms with E-state index >= 15 is 0 Å². The molecule has 0 bridgehead atoms. The summed E-state index contributed by atoms with van der Waals surface area (Å²) in [5.74, 6) is 0. The summed E-state index contributed by atoms with van der Waals surface area (Å²) in [5.41, 5.74) is 1.36. The molecular formula is C14H21NS. The van der Waals surface area contributed by atoms with Gasteiger partial charge >= 0.3 is 0 Å². The zero-order chi connectivity index (χ0) is 11.8. The number of nitrogens with one attached hydrogen (secondary N) is 1. The number of allylic oxidation sites excluding steroid dienone is 1. The monoisotopic (exact) mass is 235 g/mol. The Labute approximate surface area is 103 Å². The molecule has 0 aliphatic carbocycles. The molecule has 16 heavy (non-hydrogen) atoms. The van der Waals surface area contributed by atoms with Crippen LogP contribution < -0.4 is 5.32 Å². The maximum atomic E-state index is 3.51. The zero-order valence-corrected chi connectivity index (χ0v) is 11.2. The fourth-order valence-corrected chi connectivity index (χ4v) is 1.97. The van der Waals surface area contributed by atoms with E-state index in [1.54, 1.807) is 11.8 Å². The van der Waals surface area contributed by atoms with Gasteiger partial charge in [-0.25, -0.2) is 0 Å². The summed E-state index contributed by atoms with van der Waals surface area (Å²) >= 11 is 1.78. The van der Waals surface area contributed by atoms with Crippen molar-refractivity contribution in [2.24, 2.45) is 0 Å². The van der Waals surface area contributed by atoms with E-state index in [9.17, 15) is 0 Å². The van der Waals surface area contributed by atoms with E-state index in [0.717, 1.165) is 13.0 Å². The first-order valence-electron chi connectivity index (χ1n) is 5.76. The largest absolute Gasteiger partial charge is 0.310 e. The highest BCUT2D eigenvalue weighted by atomic mass is 32.2. The van der Waals surface area contributed by atoms with Gasteiger partial charge in [-0.15, -0.1) is 11.8 Å². The SMILES string of the molecule is C/C=C/CCNC(C)c1ccc(SC)cc1. The normalized spacial score (nSPS) is 13.2. The van der Waals surface area contributed by atoms with Crippen LogP contribution in [0.3, 0.4) is 0 Å². The van der Waals surface area contributed by atoms with E-state index in [2.05, 4.69) is 61.8 Å². The lowest BCUT2D eigenvalue weighted by atomic mass is 10.1. The Kier molecular flexibility index (Phi) is 6.27. The van der Waals surface area contributed by atoms with Gasteiger partial charge in [0.25, 0.3) is 0 Å². The van der Waals surface area contributed by atoms with E-state index in [0.29, 0.717) is 6.04 Å². The summed E-state index contributed by atoms with van der Waals surface area (Å²) < 4.78 is 0. The van der Waals surface area contributed by atoms with Crippen LogP contribution in [0.4, 0.5) is 0 Å². The van der Waals surface area contributed by atoms with Gasteiger partial charge in [-0.3, -0.25) is 0 Å². The topological polar surface area (TPSA) is 12.0 Å². The third-order valence-electron chi connectivity index (χ3n) is 2.61. The molecule has 1 unspecified atom stereocenters. The summed E-state index contributed by atoms with van der Waals surface area (Å²) in [6, 6.07) is 9.22. The predicted molar refractivity (Wildman–Crippen MR) is 74.1 cm³/mol. The van der Waals surface area contributed by atoms with Crippen molar-refractivity contribution in [3.8, 4) is 0 Å². The number of hydrogen-bond acceptors (Lipinski definition) is 2. The van der Waals surface area contributed by atoms with Gasteiger partial charge in [0.2, 0.25) is 0 Å². The number of thioether (sulfide) groups is 1. The van der Waals surface area contributed by atoms with Gasteiger partial charge in [0.1, 0.15) is 0 Å². The summed E-state index contributed by atoms with van der Waals surface area (Å²) in [5, 5.41) is 3.51. The maximum absolute atomic E-state index is 3.51. The van der Waals surface area contributed by atoms with Gasteiger partial charge in [-0.05, 0) is 50.8 Å². The van der Waals surface area contributed by atoms with Crippen molar-refractivity contribution in [3.05, 3.63) is 42.0 Å². The third-order valence-corrected chi connectivity index (χ3v) is 3.36. The van der Waals surface area contributed by atoms with Crippen molar-refractivity contribution in [1.82, 2.24) is 5.32 Å². The van der Waals surface area contributed by atoms with E-state index < -0.39 is 0 Å². The smallest absolute Gasteiger partial charge is 0.0291 e. The van der Waals surface area contributed by atoms with Crippen LogP contribution in [0, 0.1) is 0 Å². The lowest BCUT2D eigenvalue weighted by Crippen LogP contribution is -2.19. The standard InChI is InChI=1S/C14H21NS/c1-4-5-6-11-15-12(2)13-7-9-14(16-3)10-8-13/h4-5,7-10,12,15H,6,11H2,1-3H3/b5-4+. The Bertz CT molecular complexity index is 316. The van der Waals surface area contributed by atoms with Gasteiger partial charge in [0.05, 0.1) is 0 Å². The maximum Gasteiger partial charge on any atom is 0.0291 e. The molecule has 0 radical (unpaired) electrons. The summed E-state index contributed by atoms with van der Waals surface area (Å²) in [6.07, 6.45) is 7.49. The fraction of sp³-hybridized carbons (Fsp3) is 0.429. The van der Waals surface area contributed by atoms with Crippen LogP contribution in [0.15, 0.2) is 41.3 Å². The molecule has 0 saturated heterocycles. The van der Waals surface area contributed by atoms with Crippen LogP contribution in [0.5, 0.6) is 0 Å². The molecular weight excluding hydrogens is 214 g/mol. The number of rotatable bonds is 6. The van der Waals surface area contributed by atoms with Crippen LogP contribution in [0.2, 0.25) is 0 Å². The molecule has 1 nitrogen and oxygen atoms in total. The summed E-state index contributed by atoms with van der Waals surface area (Å²) in [6.45, 7) is 5.31. The average Bonchev–Trinajstić information content (AvgIpc) is 2.34. The Morgan fingerprint density at radius 3 is 2.56 bits per heavy atom. The highest BCUT2D eigenvalue weighted by molar-refractivity contribution is 7.98. The molecule has 1 rings (SSSR count). The van der Waals surface area contributed by atoms with E-state index in [1.807, 2.05) is 0 Å². The van der Waals surface area contributed by atoms with Gasteiger partial charge in [-0.2, -0.15) is 0 Å². The first-order chi connectivity index (χ1) is 7.77.